The van der Waals surface area contributed by atoms with Gasteiger partial charge in [0.25, 0.3) is 5.91 Å². The highest BCUT2D eigenvalue weighted by Crippen LogP contribution is 2.39. The van der Waals surface area contributed by atoms with Crippen molar-refractivity contribution in [3.63, 3.8) is 0 Å². The molecule has 0 aliphatic heterocycles. The number of hydrogen-bond acceptors (Lipinski definition) is 7. The fourth-order valence-electron chi connectivity index (χ4n) is 5.84. The average molecular weight is 742 g/mol. The predicted molar refractivity (Wildman–Crippen MR) is 198 cm³/mol. The molecule has 0 aliphatic rings. The third kappa shape index (κ3) is 13.2. The Morgan fingerprint density at radius 2 is 1.67 bits per heavy atom. The highest BCUT2D eigenvalue weighted by atomic mass is 28.3. The Kier molecular flexibility index (Phi) is 15.2. The summed E-state index contributed by atoms with van der Waals surface area (Å²) in [4.78, 5) is 52.3. The molecular weight excluding hydrogens is 689 g/mol. The SMILES string of the molecule is COC(=O)[C@H](CCN(C[C@@H](c1cc(-c2cc(F)ccc2F)cn1Cc1ccccc1)C(C)(C)C)C(=O)COC(C)=O)NC(=O)OCCC[Si](C)(C)C. The number of nitrogens with one attached hydrogen (secondary N) is 1. The zero-order valence-corrected chi connectivity index (χ0v) is 32.6. The molecular formula is C39H53F2N3O7Si. The molecule has 2 amide bonds. The fourth-order valence-corrected chi connectivity index (χ4v) is 7.04. The molecule has 2 aromatic carbocycles. The molecule has 1 aromatic heterocycles. The summed E-state index contributed by atoms with van der Waals surface area (Å²) in [5.74, 6) is -3.41. The highest BCUT2D eigenvalue weighted by Gasteiger charge is 2.34. The number of carbonyl (C=O) groups is 4. The zero-order chi connectivity index (χ0) is 38.6. The van der Waals surface area contributed by atoms with E-state index in [9.17, 15) is 23.6 Å². The number of rotatable bonds is 17. The maximum absolute atomic E-state index is 15.1. The number of hydrogen-bond donors (Lipinski definition) is 1. The Bertz CT molecular complexity index is 1670. The average Bonchev–Trinajstić information content (AvgIpc) is 3.47. The van der Waals surface area contributed by atoms with E-state index in [0.717, 1.165) is 35.5 Å². The third-order valence-electron chi connectivity index (χ3n) is 8.69. The summed E-state index contributed by atoms with van der Waals surface area (Å²) in [6.07, 6.45) is 1.69. The van der Waals surface area contributed by atoms with Gasteiger partial charge in [0, 0.05) is 63.6 Å². The molecule has 10 nitrogen and oxygen atoms in total. The van der Waals surface area contributed by atoms with Gasteiger partial charge in [0.15, 0.2) is 6.61 Å². The van der Waals surface area contributed by atoms with Crippen LogP contribution < -0.4 is 5.32 Å². The van der Waals surface area contributed by atoms with Crippen molar-refractivity contribution in [1.29, 1.82) is 0 Å². The van der Waals surface area contributed by atoms with Crippen molar-refractivity contribution in [3.05, 3.63) is 83.7 Å². The van der Waals surface area contributed by atoms with Gasteiger partial charge in [-0.1, -0.05) is 76.8 Å². The molecule has 0 saturated carbocycles. The lowest BCUT2D eigenvalue weighted by atomic mass is 9.78. The van der Waals surface area contributed by atoms with E-state index in [1.807, 2.05) is 61.7 Å². The molecule has 0 spiro atoms. The Morgan fingerprint density at radius 3 is 2.29 bits per heavy atom. The lowest BCUT2D eigenvalue weighted by molar-refractivity contribution is -0.150. The Morgan fingerprint density at radius 1 is 0.981 bits per heavy atom. The molecule has 0 saturated heterocycles. The van der Waals surface area contributed by atoms with Crippen LogP contribution in [0.3, 0.4) is 0 Å². The predicted octanol–water partition coefficient (Wildman–Crippen LogP) is 7.39. The van der Waals surface area contributed by atoms with Crippen molar-refractivity contribution in [2.75, 3.05) is 33.4 Å². The number of methoxy groups -OCH3 is 1. The van der Waals surface area contributed by atoms with Gasteiger partial charge in [-0.2, -0.15) is 0 Å². The molecule has 1 N–H and O–H groups in total. The summed E-state index contributed by atoms with van der Waals surface area (Å²) in [6, 6.07) is 14.6. The lowest BCUT2D eigenvalue weighted by Gasteiger charge is -2.36. The van der Waals surface area contributed by atoms with Crippen LogP contribution in [0.4, 0.5) is 13.6 Å². The van der Waals surface area contributed by atoms with Gasteiger partial charge >= 0.3 is 18.0 Å². The minimum absolute atomic E-state index is 0.0207. The van der Waals surface area contributed by atoms with Gasteiger partial charge < -0.3 is 29.0 Å². The fraction of sp³-hybridized carbons (Fsp3) is 0.487. The van der Waals surface area contributed by atoms with Crippen LogP contribution in [0, 0.1) is 17.0 Å². The van der Waals surface area contributed by atoms with Gasteiger partial charge in [0.05, 0.1) is 13.7 Å². The van der Waals surface area contributed by atoms with E-state index in [1.54, 1.807) is 6.20 Å². The van der Waals surface area contributed by atoms with E-state index >= 15 is 4.39 Å². The molecule has 1 heterocycles. The van der Waals surface area contributed by atoms with E-state index in [1.165, 1.54) is 18.9 Å². The van der Waals surface area contributed by atoms with Crippen LogP contribution >= 0.6 is 0 Å². The smallest absolute Gasteiger partial charge is 0.407 e. The summed E-state index contributed by atoms with van der Waals surface area (Å²) in [6.45, 7) is 14.1. The van der Waals surface area contributed by atoms with Gasteiger partial charge in [0.2, 0.25) is 0 Å². The van der Waals surface area contributed by atoms with E-state index < -0.39 is 67.6 Å². The van der Waals surface area contributed by atoms with Crippen LogP contribution in [0.1, 0.15) is 57.7 Å². The maximum Gasteiger partial charge on any atom is 0.407 e. The second kappa shape index (κ2) is 18.8. The normalized spacial score (nSPS) is 12.8. The molecule has 0 radical (unpaired) electrons. The number of amides is 2. The number of nitrogens with zero attached hydrogens (tertiary/aromatic N) is 2. The van der Waals surface area contributed by atoms with Crippen molar-refractivity contribution in [3.8, 4) is 11.1 Å². The van der Waals surface area contributed by atoms with E-state index in [2.05, 4.69) is 25.0 Å². The number of esters is 2. The Labute approximate surface area is 306 Å². The van der Waals surface area contributed by atoms with Gasteiger partial charge in [-0.05, 0) is 48.1 Å². The Hall–Kier alpha value is -4.52. The molecule has 284 valence electrons. The van der Waals surface area contributed by atoms with Crippen LogP contribution in [0.15, 0.2) is 60.8 Å². The quantitative estimate of drug-likeness (QED) is 0.0664. The largest absolute Gasteiger partial charge is 0.467 e. The van der Waals surface area contributed by atoms with Crippen molar-refractivity contribution in [2.45, 2.75) is 84.7 Å². The first-order valence-corrected chi connectivity index (χ1v) is 21.2. The second-order valence-electron chi connectivity index (χ2n) is 15.2. The van der Waals surface area contributed by atoms with Gasteiger partial charge in [0.1, 0.15) is 17.7 Å². The molecule has 3 rings (SSSR count). The van der Waals surface area contributed by atoms with Crippen LogP contribution in [0.25, 0.3) is 11.1 Å². The third-order valence-corrected chi connectivity index (χ3v) is 10.5. The van der Waals surface area contributed by atoms with Crippen molar-refractivity contribution < 1.29 is 42.2 Å². The first-order valence-electron chi connectivity index (χ1n) is 17.5. The molecule has 0 aliphatic carbocycles. The molecule has 2 atom stereocenters. The molecule has 13 heteroatoms. The summed E-state index contributed by atoms with van der Waals surface area (Å²) < 4.78 is 46.8. The summed E-state index contributed by atoms with van der Waals surface area (Å²) in [5.41, 5.74) is 1.80. The van der Waals surface area contributed by atoms with Crippen molar-refractivity contribution in [1.82, 2.24) is 14.8 Å². The Balaban J connectivity index is 1.98. The standard InChI is InChI=1S/C39H53F2N3O7Si/c1-27(45)51-26-36(46)43(18-17-34(37(47)49-5)42-38(48)50-19-12-20-52(6,7)8)25-32(39(2,3)4)35-21-29(31-22-30(40)15-16-33(31)41)24-44(35)23-28-13-10-9-11-14-28/h9-11,13-16,21-22,24,32,34H,12,17-20,23,25-26H2,1-8H3,(H,42,48)/t32-,34-/m0/s1. The topological polar surface area (TPSA) is 116 Å². The number of carbonyl (C=O) groups excluding carboxylic acids is 4. The molecule has 52 heavy (non-hydrogen) atoms. The number of benzene rings is 2. The maximum atomic E-state index is 15.1. The van der Waals surface area contributed by atoms with Gasteiger partial charge in [-0.3, -0.25) is 9.59 Å². The minimum atomic E-state index is -1.32. The molecule has 3 aromatic rings. The summed E-state index contributed by atoms with van der Waals surface area (Å²) in [7, 11) is -0.115. The summed E-state index contributed by atoms with van der Waals surface area (Å²) in [5, 5.41) is 2.57. The number of halogens is 2. The van der Waals surface area contributed by atoms with Crippen LogP contribution in [-0.4, -0.2) is 80.9 Å². The number of alkyl carbamates (subject to hydrolysis) is 1. The zero-order valence-electron chi connectivity index (χ0n) is 31.6. The van der Waals surface area contributed by atoms with E-state index in [-0.39, 0.29) is 31.7 Å². The van der Waals surface area contributed by atoms with Crippen LogP contribution in [0.2, 0.25) is 25.7 Å². The van der Waals surface area contributed by atoms with Crippen molar-refractivity contribution in [2.24, 2.45) is 5.41 Å². The molecule has 0 unspecified atom stereocenters. The van der Waals surface area contributed by atoms with Gasteiger partial charge in [-0.25, -0.2) is 18.4 Å². The van der Waals surface area contributed by atoms with Gasteiger partial charge in [-0.15, -0.1) is 0 Å². The highest BCUT2D eigenvalue weighted by molar-refractivity contribution is 6.76. The first kappa shape index (κ1) is 41.9. The van der Waals surface area contributed by atoms with Crippen LogP contribution in [-0.2, 0) is 35.1 Å². The second-order valence-corrected chi connectivity index (χ2v) is 20.9. The minimum Gasteiger partial charge on any atom is -0.467 e. The number of aromatic nitrogens is 1. The monoisotopic (exact) mass is 741 g/mol. The van der Waals surface area contributed by atoms with E-state index in [4.69, 9.17) is 14.2 Å². The molecule has 0 bridgehead atoms. The molecule has 0 fully saturated rings. The van der Waals surface area contributed by atoms with E-state index in [0.29, 0.717) is 18.5 Å². The first-order chi connectivity index (χ1) is 24.4. The summed E-state index contributed by atoms with van der Waals surface area (Å²) >= 11 is 0. The number of ether oxygens (including phenoxy) is 3. The van der Waals surface area contributed by atoms with Crippen LogP contribution in [0.5, 0.6) is 0 Å². The lowest BCUT2D eigenvalue weighted by Crippen LogP contribution is -2.47. The van der Waals surface area contributed by atoms with Crippen molar-refractivity contribution >= 4 is 32.0 Å².